The molecule has 0 saturated heterocycles. The number of amides is 1. The number of carbonyl (C=O) groups excluding carboxylic acids is 1. The van der Waals surface area contributed by atoms with Crippen LogP contribution in [0.25, 0.3) is 0 Å². The molecule has 0 radical (unpaired) electrons. The molecule has 0 spiro atoms. The van der Waals surface area contributed by atoms with Gasteiger partial charge in [0.25, 0.3) is 0 Å². The van der Waals surface area contributed by atoms with Gasteiger partial charge in [0.15, 0.2) is 0 Å². The van der Waals surface area contributed by atoms with Crippen molar-refractivity contribution in [2.45, 2.75) is 26.1 Å². The Balaban J connectivity index is 1.78. The number of hydrogen-bond donors (Lipinski definition) is 0. The maximum Gasteiger partial charge on any atom is 0.232 e. The van der Waals surface area contributed by atoms with Crippen LogP contribution in [0.3, 0.4) is 0 Å². The van der Waals surface area contributed by atoms with Crippen molar-refractivity contribution in [2.75, 3.05) is 12.8 Å². The van der Waals surface area contributed by atoms with E-state index < -0.39 is 0 Å². The van der Waals surface area contributed by atoms with E-state index in [-0.39, 0.29) is 5.91 Å². The Morgan fingerprint density at radius 2 is 1.95 bits per heavy atom. The average Bonchev–Trinajstić information content (AvgIpc) is 2.90. The first-order valence-electron chi connectivity index (χ1n) is 6.96. The van der Waals surface area contributed by atoms with E-state index in [1.54, 1.807) is 28.0 Å². The predicted molar refractivity (Wildman–Crippen MR) is 92.9 cm³/mol. The molecule has 112 valence electrons. The van der Waals surface area contributed by atoms with E-state index in [4.69, 9.17) is 0 Å². The topological polar surface area (TPSA) is 20.3 Å². The summed E-state index contributed by atoms with van der Waals surface area (Å²) >= 11 is 3.38. The van der Waals surface area contributed by atoms with Gasteiger partial charge in [0.1, 0.15) is 0 Å². The number of hydrogen-bond acceptors (Lipinski definition) is 3. The quantitative estimate of drug-likeness (QED) is 0.793. The highest BCUT2D eigenvalue weighted by Gasteiger charge is 2.10. The fourth-order valence-electron chi connectivity index (χ4n) is 2.24. The van der Waals surface area contributed by atoms with E-state index in [1.165, 1.54) is 21.6 Å². The molecule has 0 fully saturated rings. The van der Waals surface area contributed by atoms with Gasteiger partial charge in [-0.25, -0.2) is 0 Å². The Hall–Kier alpha value is -1.26. The summed E-state index contributed by atoms with van der Waals surface area (Å²) in [6.45, 7) is 4.93. The Bertz CT molecular complexity index is 573. The Labute approximate surface area is 135 Å². The zero-order valence-corrected chi connectivity index (χ0v) is 14.4. The first kappa shape index (κ1) is 16.1. The predicted octanol–water partition coefficient (Wildman–Crippen LogP) is 4.26. The van der Waals surface area contributed by atoms with Crippen LogP contribution >= 0.6 is 23.1 Å². The molecule has 4 heteroatoms. The molecule has 0 saturated carbocycles. The summed E-state index contributed by atoms with van der Waals surface area (Å²) in [7, 11) is 1.87. The lowest BCUT2D eigenvalue weighted by molar-refractivity contribution is -0.127. The van der Waals surface area contributed by atoms with Crippen molar-refractivity contribution < 1.29 is 4.79 Å². The molecule has 1 aromatic heterocycles. The normalized spacial score (nSPS) is 10.6. The van der Waals surface area contributed by atoms with Gasteiger partial charge >= 0.3 is 0 Å². The standard InChI is InChI=1S/C17H21NOS2/c1-13-7-14(2)9-15(8-13)11-20-12-17(19)18(3)10-16-5-4-6-21-16/h4-9H,10-12H2,1-3H3. The number of thiophene rings is 1. The maximum absolute atomic E-state index is 12.1. The maximum atomic E-state index is 12.1. The van der Waals surface area contributed by atoms with Crippen molar-refractivity contribution in [3.63, 3.8) is 0 Å². The summed E-state index contributed by atoms with van der Waals surface area (Å²) in [4.78, 5) is 15.1. The molecule has 2 rings (SSSR count). The fraction of sp³-hybridized carbons (Fsp3) is 0.353. The van der Waals surface area contributed by atoms with Crippen molar-refractivity contribution in [3.05, 3.63) is 57.3 Å². The molecule has 0 atom stereocenters. The van der Waals surface area contributed by atoms with Crippen LogP contribution < -0.4 is 0 Å². The molecule has 1 amide bonds. The monoisotopic (exact) mass is 319 g/mol. The van der Waals surface area contributed by atoms with Gasteiger partial charge in [-0.05, 0) is 30.9 Å². The Kier molecular flexibility index (Phi) is 5.88. The van der Waals surface area contributed by atoms with Crippen molar-refractivity contribution in [1.29, 1.82) is 0 Å². The lowest BCUT2D eigenvalue weighted by Gasteiger charge is -2.16. The van der Waals surface area contributed by atoms with Crippen LogP contribution in [0.15, 0.2) is 35.7 Å². The van der Waals surface area contributed by atoms with Gasteiger partial charge in [-0.15, -0.1) is 23.1 Å². The van der Waals surface area contributed by atoms with Gasteiger partial charge in [0.05, 0.1) is 12.3 Å². The fourth-order valence-corrected chi connectivity index (χ4v) is 3.90. The summed E-state index contributed by atoms with van der Waals surface area (Å²) in [5.41, 5.74) is 3.87. The first-order chi connectivity index (χ1) is 10.0. The summed E-state index contributed by atoms with van der Waals surface area (Å²) in [5, 5.41) is 2.04. The summed E-state index contributed by atoms with van der Waals surface area (Å²) in [5.74, 6) is 1.62. The Morgan fingerprint density at radius 3 is 2.57 bits per heavy atom. The molecule has 21 heavy (non-hydrogen) atoms. The zero-order valence-electron chi connectivity index (χ0n) is 12.8. The van der Waals surface area contributed by atoms with Crippen molar-refractivity contribution >= 4 is 29.0 Å². The minimum atomic E-state index is 0.192. The summed E-state index contributed by atoms with van der Waals surface area (Å²) in [6, 6.07) is 10.7. The minimum Gasteiger partial charge on any atom is -0.340 e. The number of rotatable bonds is 6. The molecule has 0 unspecified atom stereocenters. The van der Waals surface area contributed by atoms with Gasteiger partial charge < -0.3 is 4.90 Å². The van der Waals surface area contributed by atoms with E-state index in [1.807, 2.05) is 18.5 Å². The lowest BCUT2D eigenvalue weighted by atomic mass is 10.1. The van der Waals surface area contributed by atoms with Gasteiger partial charge in [-0.2, -0.15) is 0 Å². The Morgan fingerprint density at radius 1 is 1.24 bits per heavy atom. The molecule has 0 aliphatic rings. The summed E-state index contributed by atoms with van der Waals surface area (Å²) in [6.07, 6.45) is 0. The van der Waals surface area contributed by atoms with Crippen molar-refractivity contribution in [3.8, 4) is 0 Å². The first-order valence-corrected chi connectivity index (χ1v) is 8.99. The number of benzene rings is 1. The molecular formula is C17H21NOS2. The third kappa shape index (κ3) is 5.21. The molecule has 1 heterocycles. The molecule has 2 nitrogen and oxygen atoms in total. The molecule has 0 bridgehead atoms. The third-order valence-electron chi connectivity index (χ3n) is 3.17. The largest absolute Gasteiger partial charge is 0.340 e. The van der Waals surface area contributed by atoms with Crippen LogP contribution in [-0.4, -0.2) is 23.6 Å². The van der Waals surface area contributed by atoms with Gasteiger partial charge in [-0.3, -0.25) is 4.79 Å². The van der Waals surface area contributed by atoms with Crippen LogP contribution in [0.2, 0.25) is 0 Å². The molecule has 2 aromatic rings. The van der Waals surface area contributed by atoms with Gasteiger partial charge in [0.2, 0.25) is 5.91 Å². The zero-order chi connectivity index (χ0) is 15.2. The second kappa shape index (κ2) is 7.66. The molecule has 0 aliphatic heterocycles. The highest BCUT2D eigenvalue weighted by Crippen LogP contribution is 2.17. The van der Waals surface area contributed by atoms with E-state index in [0.717, 1.165) is 5.75 Å². The SMILES string of the molecule is Cc1cc(C)cc(CSCC(=O)N(C)Cc2cccs2)c1. The van der Waals surface area contributed by atoms with Crippen LogP contribution in [-0.2, 0) is 17.1 Å². The van der Waals surface area contributed by atoms with E-state index in [2.05, 4.69) is 38.1 Å². The number of carbonyl (C=O) groups is 1. The number of nitrogens with zero attached hydrogens (tertiary/aromatic N) is 1. The number of thioether (sulfide) groups is 1. The van der Waals surface area contributed by atoms with Crippen LogP contribution in [0, 0.1) is 13.8 Å². The molecular weight excluding hydrogens is 298 g/mol. The van der Waals surface area contributed by atoms with Crippen LogP contribution in [0.1, 0.15) is 21.6 Å². The van der Waals surface area contributed by atoms with Crippen LogP contribution in [0.5, 0.6) is 0 Å². The smallest absolute Gasteiger partial charge is 0.232 e. The highest BCUT2D eigenvalue weighted by molar-refractivity contribution is 7.99. The third-order valence-corrected chi connectivity index (χ3v) is 5.02. The molecule has 0 aliphatic carbocycles. The van der Waals surface area contributed by atoms with Crippen molar-refractivity contribution in [2.24, 2.45) is 0 Å². The van der Waals surface area contributed by atoms with E-state index in [0.29, 0.717) is 12.3 Å². The number of aryl methyl sites for hydroxylation is 2. The molecule has 0 N–H and O–H groups in total. The molecule has 1 aromatic carbocycles. The lowest BCUT2D eigenvalue weighted by Crippen LogP contribution is -2.27. The van der Waals surface area contributed by atoms with Crippen molar-refractivity contribution in [1.82, 2.24) is 4.90 Å². The van der Waals surface area contributed by atoms with Crippen LogP contribution in [0.4, 0.5) is 0 Å². The van der Waals surface area contributed by atoms with Gasteiger partial charge in [-0.1, -0.05) is 35.4 Å². The van der Waals surface area contributed by atoms with E-state index >= 15 is 0 Å². The average molecular weight is 319 g/mol. The van der Waals surface area contributed by atoms with Gasteiger partial charge in [0, 0.05) is 17.7 Å². The highest BCUT2D eigenvalue weighted by atomic mass is 32.2. The minimum absolute atomic E-state index is 0.192. The summed E-state index contributed by atoms with van der Waals surface area (Å²) < 4.78 is 0. The van der Waals surface area contributed by atoms with E-state index in [9.17, 15) is 4.79 Å². The second-order valence-electron chi connectivity index (χ2n) is 5.32. The second-order valence-corrected chi connectivity index (χ2v) is 7.34.